The van der Waals surface area contributed by atoms with E-state index in [0.29, 0.717) is 5.56 Å². The fourth-order valence-electron chi connectivity index (χ4n) is 1.33. The topological polar surface area (TPSA) is 28.7 Å². The smallest absolute Gasteiger partial charge is 0.149 e. The van der Waals surface area contributed by atoms with Gasteiger partial charge in [-0.3, -0.25) is 5.10 Å². The van der Waals surface area contributed by atoms with Crippen molar-refractivity contribution in [2.45, 2.75) is 6.92 Å². The van der Waals surface area contributed by atoms with E-state index in [0.717, 1.165) is 11.3 Å². The molecular formula is C10H8ClFN2. The molecule has 0 aliphatic heterocycles. The van der Waals surface area contributed by atoms with E-state index in [1.807, 2.05) is 6.92 Å². The van der Waals surface area contributed by atoms with Crippen molar-refractivity contribution >= 4 is 11.6 Å². The maximum absolute atomic E-state index is 13.6. The molecule has 0 bridgehead atoms. The van der Waals surface area contributed by atoms with Crippen LogP contribution < -0.4 is 0 Å². The van der Waals surface area contributed by atoms with E-state index in [-0.39, 0.29) is 5.02 Å². The molecule has 0 aliphatic rings. The second kappa shape index (κ2) is 3.42. The van der Waals surface area contributed by atoms with Crippen LogP contribution in [0.1, 0.15) is 5.69 Å². The Morgan fingerprint density at radius 1 is 1.36 bits per heavy atom. The van der Waals surface area contributed by atoms with Crippen LogP contribution >= 0.6 is 11.6 Å². The zero-order valence-corrected chi connectivity index (χ0v) is 8.27. The predicted octanol–water partition coefficient (Wildman–Crippen LogP) is 3.18. The Kier molecular flexibility index (Phi) is 2.25. The molecule has 0 atom stereocenters. The van der Waals surface area contributed by atoms with Crippen LogP contribution in [0.3, 0.4) is 0 Å². The number of H-pyrrole nitrogens is 1. The zero-order valence-electron chi connectivity index (χ0n) is 7.51. The molecule has 2 aromatic rings. The van der Waals surface area contributed by atoms with Crippen molar-refractivity contribution in [1.82, 2.24) is 10.2 Å². The minimum atomic E-state index is -0.404. The van der Waals surface area contributed by atoms with Crippen LogP contribution in [0.2, 0.25) is 5.02 Å². The molecular weight excluding hydrogens is 203 g/mol. The molecule has 0 saturated heterocycles. The normalized spacial score (nSPS) is 10.5. The number of rotatable bonds is 1. The largest absolute Gasteiger partial charge is 0.282 e. The highest BCUT2D eigenvalue weighted by molar-refractivity contribution is 6.31. The van der Waals surface area contributed by atoms with Crippen LogP contribution in [-0.4, -0.2) is 10.2 Å². The minimum Gasteiger partial charge on any atom is -0.282 e. The van der Waals surface area contributed by atoms with Gasteiger partial charge in [0.25, 0.3) is 0 Å². The van der Waals surface area contributed by atoms with Crippen LogP contribution in [-0.2, 0) is 0 Å². The van der Waals surface area contributed by atoms with Gasteiger partial charge in [-0.25, -0.2) is 4.39 Å². The van der Waals surface area contributed by atoms with Gasteiger partial charge in [-0.05, 0) is 13.0 Å². The summed E-state index contributed by atoms with van der Waals surface area (Å²) in [6, 6.07) is 4.92. The molecule has 0 spiro atoms. The van der Waals surface area contributed by atoms with Gasteiger partial charge in [-0.2, -0.15) is 5.10 Å². The lowest BCUT2D eigenvalue weighted by atomic mass is 10.1. The Morgan fingerprint density at radius 3 is 2.79 bits per heavy atom. The quantitative estimate of drug-likeness (QED) is 0.770. The Balaban J connectivity index is 2.63. The predicted molar refractivity (Wildman–Crippen MR) is 53.7 cm³/mol. The molecule has 0 fully saturated rings. The molecule has 1 aromatic carbocycles. The highest BCUT2D eigenvalue weighted by Crippen LogP contribution is 2.28. The lowest BCUT2D eigenvalue weighted by Crippen LogP contribution is -1.85. The Hall–Kier alpha value is -1.35. The first-order chi connectivity index (χ1) is 6.70. The number of halogens is 2. The first-order valence-corrected chi connectivity index (χ1v) is 4.52. The molecule has 14 heavy (non-hydrogen) atoms. The number of nitrogens with one attached hydrogen (secondary N) is 1. The van der Waals surface area contributed by atoms with Crippen molar-refractivity contribution in [3.63, 3.8) is 0 Å². The lowest BCUT2D eigenvalue weighted by molar-refractivity contribution is 0.631. The van der Waals surface area contributed by atoms with E-state index in [9.17, 15) is 4.39 Å². The van der Waals surface area contributed by atoms with Gasteiger partial charge in [0.15, 0.2) is 0 Å². The van der Waals surface area contributed by atoms with Crippen molar-refractivity contribution in [3.8, 4) is 11.1 Å². The molecule has 0 saturated carbocycles. The van der Waals surface area contributed by atoms with E-state index >= 15 is 0 Å². The summed E-state index contributed by atoms with van der Waals surface area (Å²) >= 11 is 5.68. The second-order valence-corrected chi connectivity index (χ2v) is 3.42. The van der Waals surface area contributed by atoms with Gasteiger partial charge in [-0.1, -0.05) is 23.7 Å². The molecule has 1 heterocycles. The second-order valence-electron chi connectivity index (χ2n) is 3.01. The third-order valence-electron chi connectivity index (χ3n) is 2.07. The fraction of sp³-hybridized carbons (Fsp3) is 0.100. The standard InChI is InChI=1S/C10H8ClFN2/c1-6-8(5-13-14-6)7-3-2-4-9(11)10(7)12/h2-5H,1H3,(H,13,14). The number of aromatic nitrogens is 2. The molecule has 2 nitrogen and oxygen atoms in total. The Bertz CT molecular complexity index is 465. The Morgan fingerprint density at radius 2 is 2.14 bits per heavy atom. The first kappa shape index (κ1) is 9.21. The minimum absolute atomic E-state index is 0.128. The van der Waals surface area contributed by atoms with Crippen LogP contribution in [0.4, 0.5) is 4.39 Å². The Labute approximate surface area is 85.7 Å². The van der Waals surface area contributed by atoms with E-state index in [2.05, 4.69) is 10.2 Å². The average Bonchev–Trinajstić information content (AvgIpc) is 2.57. The summed E-state index contributed by atoms with van der Waals surface area (Å²) in [4.78, 5) is 0. The third kappa shape index (κ3) is 1.40. The van der Waals surface area contributed by atoms with Gasteiger partial charge in [0, 0.05) is 16.8 Å². The van der Waals surface area contributed by atoms with Crippen LogP contribution in [0.25, 0.3) is 11.1 Å². The van der Waals surface area contributed by atoms with Crippen LogP contribution in [0, 0.1) is 12.7 Å². The molecule has 2 rings (SSSR count). The molecule has 0 amide bonds. The van der Waals surface area contributed by atoms with Gasteiger partial charge < -0.3 is 0 Å². The summed E-state index contributed by atoms with van der Waals surface area (Å²) in [5.41, 5.74) is 2.04. The monoisotopic (exact) mass is 210 g/mol. The van der Waals surface area contributed by atoms with E-state index in [1.54, 1.807) is 18.3 Å². The maximum Gasteiger partial charge on any atom is 0.149 e. The van der Waals surface area contributed by atoms with Crippen molar-refractivity contribution in [2.75, 3.05) is 0 Å². The summed E-state index contributed by atoms with van der Waals surface area (Å²) in [5, 5.41) is 6.72. The summed E-state index contributed by atoms with van der Waals surface area (Å²) in [6.07, 6.45) is 1.59. The fourth-order valence-corrected chi connectivity index (χ4v) is 1.51. The molecule has 0 unspecified atom stereocenters. The van der Waals surface area contributed by atoms with Gasteiger partial charge in [0.1, 0.15) is 5.82 Å². The molecule has 4 heteroatoms. The number of nitrogens with zero attached hydrogens (tertiary/aromatic N) is 1. The summed E-state index contributed by atoms with van der Waals surface area (Å²) in [7, 11) is 0. The zero-order chi connectivity index (χ0) is 10.1. The maximum atomic E-state index is 13.6. The number of benzene rings is 1. The highest BCUT2D eigenvalue weighted by atomic mass is 35.5. The van der Waals surface area contributed by atoms with Crippen molar-refractivity contribution in [2.24, 2.45) is 0 Å². The van der Waals surface area contributed by atoms with Gasteiger partial charge in [0.05, 0.1) is 11.2 Å². The molecule has 0 radical (unpaired) electrons. The van der Waals surface area contributed by atoms with E-state index < -0.39 is 5.82 Å². The number of hydrogen-bond donors (Lipinski definition) is 1. The van der Waals surface area contributed by atoms with E-state index in [4.69, 9.17) is 11.6 Å². The molecule has 0 aliphatic carbocycles. The van der Waals surface area contributed by atoms with Crippen molar-refractivity contribution in [3.05, 3.63) is 40.9 Å². The van der Waals surface area contributed by atoms with Crippen LogP contribution in [0.15, 0.2) is 24.4 Å². The van der Waals surface area contributed by atoms with Gasteiger partial charge >= 0.3 is 0 Å². The van der Waals surface area contributed by atoms with Crippen LogP contribution in [0.5, 0.6) is 0 Å². The molecule has 72 valence electrons. The SMILES string of the molecule is Cc1[nH]ncc1-c1cccc(Cl)c1F. The third-order valence-corrected chi connectivity index (χ3v) is 2.36. The first-order valence-electron chi connectivity index (χ1n) is 4.14. The molecule has 1 N–H and O–H groups in total. The van der Waals surface area contributed by atoms with Gasteiger partial charge in [-0.15, -0.1) is 0 Å². The number of hydrogen-bond acceptors (Lipinski definition) is 1. The summed E-state index contributed by atoms with van der Waals surface area (Å²) < 4.78 is 13.6. The van der Waals surface area contributed by atoms with Gasteiger partial charge in [0.2, 0.25) is 0 Å². The number of aromatic amines is 1. The lowest BCUT2D eigenvalue weighted by Gasteiger charge is -2.02. The average molecular weight is 211 g/mol. The molecule has 1 aromatic heterocycles. The summed E-state index contributed by atoms with van der Waals surface area (Å²) in [5.74, 6) is -0.404. The van der Waals surface area contributed by atoms with Crippen molar-refractivity contribution in [1.29, 1.82) is 0 Å². The highest BCUT2D eigenvalue weighted by Gasteiger charge is 2.11. The summed E-state index contributed by atoms with van der Waals surface area (Å²) in [6.45, 7) is 1.84. The van der Waals surface area contributed by atoms with Crippen molar-refractivity contribution < 1.29 is 4.39 Å². The van der Waals surface area contributed by atoms with E-state index in [1.165, 1.54) is 6.07 Å². The number of aryl methyl sites for hydroxylation is 1.